The van der Waals surface area contributed by atoms with E-state index in [0.717, 1.165) is 17.7 Å². The van der Waals surface area contributed by atoms with Crippen molar-refractivity contribution >= 4 is 18.3 Å². The van der Waals surface area contributed by atoms with Gasteiger partial charge in [0.1, 0.15) is 0 Å². The average Bonchev–Trinajstić information content (AvgIpc) is 2.17. The van der Waals surface area contributed by atoms with Crippen LogP contribution in [-0.4, -0.2) is 5.75 Å². The normalized spacial score (nSPS) is 9.08. The molecule has 0 unspecified atom stereocenters. The number of hydrogen-bond donors (Lipinski definition) is 2. The molecule has 0 spiro atoms. The van der Waals surface area contributed by atoms with E-state index in [4.69, 9.17) is 5.73 Å². The molecule has 1 nitrogen and oxygen atoms in total. The maximum absolute atomic E-state index is 5.76. The quantitative estimate of drug-likeness (QED) is 0.397. The zero-order valence-electron chi connectivity index (χ0n) is 7.67. The second-order valence-corrected chi connectivity index (χ2v) is 3.05. The summed E-state index contributed by atoms with van der Waals surface area (Å²) in [7, 11) is 0. The van der Waals surface area contributed by atoms with Crippen LogP contribution in [0.1, 0.15) is 18.1 Å². The van der Waals surface area contributed by atoms with Crippen LogP contribution in [0.25, 0.3) is 0 Å². The molecule has 0 atom stereocenters. The molecule has 0 bridgehead atoms. The molecule has 0 heterocycles. The van der Waals surface area contributed by atoms with Gasteiger partial charge < -0.3 is 5.73 Å². The first-order valence-corrected chi connectivity index (χ1v) is 4.89. The van der Waals surface area contributed by atoms with Crippen molar-refractivity contribution < 1.29 is 0 Å². The van der Waals surface area contributed by atoms with Crippen molar-refractivity contribution in [2.24, 2.45) is 0 Å². The van der Waals surface area contributed by atoms with Crippen LogP contribution < -0.4 is 5.73 Å². The molecule has 0 saturated carbocycles. The predicted octanol–water partition coefficient (Wildman–Crippen LogP) is 2.11. The van der Waals surface area contributed by atoms with Crippen molar-refractivity contribution in [1.29, 1.82) is 0 Å². The molecule has 1 aromatic rings. The Hall–Kier alpha value is -1.07. The fourth-order valence-electron chi connectivity index (χ4n) is 1.07. The van der Waals surface area contributed by atoms with Gasteiger partial charge in [-0.1, -0.05) is 24.8 Å². The Balaban J connectivity index is 3.04. The fraction of sp³-hybridized carbons (Fsp3) is 0.273. The van der Waals surface area contributed by atoms with Gasteiger partial charge in [0.2, 0.25) is 0 Å². The molecule has 2 heteroatoms. The van der Waals surface area contributed by atoms with E-state index in [-0.39, 0.29) is 0 Å². The van der Waals surface area contributed by atoms with Gasteiger partial charge in [-0.25, -0.2) is 0 Å². The number of benzene rings is 1. The SMILES string of the molecule is CCc1ccc(N)c(C#CCS)c1. The standard InChI is InChI=1S/C11H13NS/c1-2-9-5-6-11(12)10(8-9)4-3-7-13/h5-6,8,13H,2,7,12H2,1H3. The Morgan fingerprint density at radius 1 is 1.46 bits per heavy atom. The summed E-state index contributed by atoms with van der Waals surface area (Å²) in [5.74, 6) is 6.44. The first-order valence-electron chi connectivity index (χ1n) is 4.26. The van der Waals surface area contributed by atoms with Crippen molar-refractivity contribution in [3.05, 3.63) is 29.3 Å². The average molecular weight is 191 g/mol. The lowest BCUT2D eigenvalue weighted by molar-refractivity contribution is 1.14. The van der Waals surface area contributed by atoms with Crippen LogP contribution in [0.4, 0.5) is 5.69 Å². The smallest absolute Gasteiger partial charge is 0.0521 e. The second kappa shape index (κ2) is 4.84. The van der Waals surface area contributed by atoms with Gasteiger partial charge in [0.05, 0.1) is 5.75 Å². The zero-order chi connectivity index (χ0) is 9.68. The topological polar surface area (TPSA) is 26.0 Å². The molecule has 68 valence electrons. The summed E-state index contributed by atoms with van der Waals surface area (Å²) in [5, 5.41) is 0. The Morgan fingerprint density at radius 3 is 2.85 bits per heavy atom. The lowest BCUT2D eigenvalue weighted by atomic mass is 10.1. The van der Waals surface area contributed by atoms with Crippen molar-refractivity contribution in [3.8, 4) is 11.8 Å². The van der Waals surface area contributed by atoms with Gasteiger partial charge >= 0.3 is 0 Å². The summed E-state index contributed by atoms with van der Waals surface area (Å²) in [6.07, 6.45) is 1.01. The van der Waals surface area contributed by atoms with E-state index in [1.165, 1.54) is 5.56 Å². The Bertz CT molecular complexity index is 347. The highest BCUT2D eigenvalue weighted by molar-refractivity contribution is 7.80. The molecule has 0 saturated heterocycles. The highest BCUT2D eigenvalue weighted by Gasteiger charge is 1.96. The summed E-state index contributed by atoms with van der Waals surface area (Å²) < 4.78 is 0. The van der Waals surface area contributed by atoms with Gasteiger partial charge in [-0.15, -0.1) is 0 Å². The monoisotopic (exact) mass is 191 g/mol. The summed E-state index contributed by atoms with van der Waals surface area (Å²) in [6.45, 7) is 2.11. The van der Waals surface area contributed by atoms with E-state index in [0.29, 0.717) is 5.75 Å². The van der Waals surface area contributed by atoms with Crippen molar-refractivity contribution in [2.45, 2.75) is 13.3 Å². The number of rotatable bonds is 1. The molecular formula is C11H13NS. The molecule has 1 rings (SSSR count). The summed E-state index contributed by atoms with van der Waals surface area (Å²) in [6, 6.07) is 5.97. The van der Waals surface area contributed by atoms with Gasteiger partial charge in [-0.3, -0.25) is 0 Å². The van der Waals surface area contributed by atoms with E-state index in [1.807, 2.05) is 18.2 Å². The molecule has 0 amide bonds. The number of thiol groups is 1. The molecule has 0 radical (unpaired) electrons. The largest absolute Gasteiger partial charge is 0.398 e. The van der Waals surface area contributed by atoms with Gasteiger partial charge in [-0.05, 0) is 24.1 Å². The summed E-state index contributed by atoms with van der Waals surface area (Å²) >= 11 is 4.02. The second-order valence-electron chi connectivity index (χ2n) is 2.74. The molecule has 0 fully saturated rings. The number of hydrogen-bond acceptors (Lipinski definition) is 2. The Labute approximate surface area is 84.8 Å². The highest BCUT2D eigenvalue weighted by atomic mass is 32.1. The summed E-state index contributed by atoms with van der Waals surface area (Å²) in [4.78, 5) is 0. The summed E-state index contributed by atoms with van der Waals surface area (Å²) in [5.41, 5.74) is 8.67. The van der Waals surface area contributed by atoms with E-state index in [2.05, 4.69) is 31.4 Å². The Kier molecular flexibility index (Phi) is 3.72. The predicted molar refractivity (Wildman–Crippen MR) is 61.0 cm³/mol. The minimum Gasteiger partial charge on any atom is -0.398 e. The number of anilines is 1. The van der Waals surface area contributed by atoms with Crippen molar-refractivity contribution in [2.75, 3.05) is 11.5 Å². The fourth-order valence-corrected chi connectivity index (χ4v) is 1.15. The number of nitrogen functional groups attached to an aromatic ring is 1. The Morgan fingerprint density at radius 2 is 2.23 bits per heavy atom. The van der Waals surface area contributed by atoms with Gasteiger partial charge in [0, 0.05) is 11.3 Å². The molecule has 1 aromatic carbocycles. The van der Waals surface area contributed by atoms with Crippen LogP contribution in [0.2, 0.25) is 0 Å². The molecule has 2 N–H and O–H groups in total. The van der Waals surface area contributed by atoms with Gasteiger partial charge in [-0.2, -0.15) is 12.6 Å². The minimum atomic E-state index is 0.565. The van der Waals surface area contributed by atoms with E-state index in [9.17, 15) is 0 Å². The van der Waals surface area contributed by atoms with E-state index in [1.54, 1.807) is 0 Å². The maximum atomic E-state index is 5.76. The lowest BCUT2D eigenvalue weighted by Crippen LogP contribution is -1.92. The third-order valence-corrected chi connectivity index (χ3v) is 1.99. The van der Waals surface area contributed by atoms with Crippen molar-refractivity contribution in [3.63, 3.8) is 0 Å². The highest BCUT2D eigenvalue weighted by Crippen LogP contribution is 2.13. The maximum Gasteiger partial charge on any atom is 0.0521 e. The van der Waals surface area contributed by atoms with Gasteiger partial charge in [0.15, 0.2) is 0 Å². The number of nitrogens with two attached hydrogens (primary N) is 1. The van der Waals surface area contributed by atoms with Crippen molar-refractivity contribution in [1.82, 2.24) is 0 Å². The van der Waals surface area contributed by atoms with Crippen LogP contribution in [0.5, 0.6) is 0 Å². The molecule has 0 aliphatic heterocycles. The van der Waals surface area contributed by atoms with Crippen LogP contribution in [0.3, 0.4) is 0 Å². The molecule has 0 aromatic heterocycles. The van der Waals surface area contributed by atoms with Crippen LogP contribution in [-0.2, 0) is 6.42 Å². The lowest BCUT2D eigenvalue weighted by Gasteiger charge is -2.00. The third-order valence-electron chi connectivity index (χ3n) is 1.83. The number of aryl methyl sites for hydroxylation is 1. The molecule has 13 heavy (non-hydrogen) atoms. The first-order chi connectivity index (χ1) is 6.27. The van der Waals surface area contributed by atoms with Gasteiger partial charge in [0.25, 0.3) is 0 Å². The van der Waals surface area contributed by atoms with Crippen LogP contribution >= 0.6 is 12.6 Å². The molecular weight excluding hydrogens is 178 g/mol. The van der Waals surface area contributed by atoms with Crippen LogP contribution in [0, 0.1) is 11.8 Å². The van der Waals surface area contributed by atoms with E-state index < -0.39 is 0 Å². The minimum absolute atomic E-state index is 0.565. The van der Waals surface area contributed by atoms with Crippen LogP contribution in [0.15, 0.2) is 18.2 Å². The zero-order valence-corrected chi connectivity index (χ0v) is 8.57. The first kappa shape index (κ1) is 10.0. The van der Waals surface area contributed by atoms with E-state index >= 15 is 0 Å². The molecule has 0 aliphatic rings. The third kappa shape index (κ3) is 2.71. The molecule has 0 aliphatic carbocycles.